The van der Waals surface area contributed by atoms with Crippen molar-refractivity contribution < 1.29 is 19.0 Å². The molecule has 2 aliphatic heterocycles. The molecule has 164 valence electrons. The second-order valence-corrected chi connectivity index (χ2v) is 8.80. The molecule has 3 aromatic rings. The molecule has 5 nitrogen and oxygen atoms in total. The van der Waals surface area contributed by atoms with E-state index in [0.29, 0.717) is 28.3 Å². The number of anilines is 1. The summed E-state index contributed by atoms with van der Waals surface area (Å²) in [5.74, 6) is -1.27. The normalized spacial score (nSPS) is 26.3. The molecule has 2 N–H and O–H groups in total. The Morgan fingerprint density at radius 1 is 1.19 bits per heavy atom. The van der Waals surface area contributed by atoms with Crippen LogP contribution in [0.3, 0.4) is 0 Å². The summed E-state index contributed by atoms with van der Waals surface area (Å²) in [5.41, 5.74) is 3.25. The fraction of sp³-hybridized carbons (Fsp3) is 0.280. The molecule has 2 saturated heterocycles. The van der Waals surface area contributed by atoms with Crippen molar-refractivity contribution >= 4 is 23.2 Å². The van der Waals surface area contributed by atoms with Crippen LogP contribution in [0.2, 0.25) is 5.02 Å². The summed E-state index contributed by atoms with van der Waals surface area (Å²) < 4.78 is 20.1. The summed E-state index contributed by atoms with van der Waals surface area (Å²) in [6.07, 6.45) is 0.749. The number of benzene rings is 2. The average Bonchev–Trinajstić information content (AvgIpc) is 3.32. The smallest absolute Gasteiger partial charge is 0.230 e. The molecule has 1 aromatic heterocycles. The maximum Gasteiger partial charge on any atom is 0.230 e. The van der Waals surface area contributed by atoms with Gasteiger partial charge in [-0.1, -0.05) is 35.9 Å². The molecule has 0 radical (unpaired) electrons. The fourth-order valence-corrected chi connectivity index (χ4v) is 5.21. The third-order valence-corrected chi connectivity index (χ3v) is 6.65. The number of rotatable bonds is 4. The van der Waals surface area contributed by atoms with Crippen molar-refractivity contribution in [3.63, 3.8) is 0 Å². The van der Waals surface area contributed by atoms with E-state index in [-0.39, 0.29) is 23.7 Å². The number of aliphatic hydroxyl groups is 1. The third kappa shape index (κ3) is 3.68. The number of ether oxygens (including phenoxy) is 1. The van der Waals surface area contributed by atoms with Gasteiger partial charge >= 0.3 is 0 Å². The van der Waals surface area contributed by atoms with Crippen molar-refractivity contribution in [2.75, 3.05) is 5.32 Å². The van der Waals surface area contributed by atoms with Crippen molar-refractivity contribution in [3.8, 4) is 11.1 Å². The fourth-order valence-electron chi connectivity index (χ4n) is 4.93. The summed E-state index contributed by atoms with van der Waals surface area (Å²) >= 11 is 6.42. The third-order valence-electron chi connectivity index (χ3n) is 6.34. The summed E-state index contributed by atoms with van der Waals surface area (Å²) in [6, 6.07) is 15.2. The van der Waals surface area contributed by atoms with E-state index in [1.54, 1.807) is 42.6 Å². The Labute approximate surface area is 190 Å². The van der Waals surface area contributed by atoms with Crippen LogP contribution in [-0.2, 0) is 9.53 Å². The van der Waals surface area contributed by atoms with Crippen LogP contribution < -0.4 is 5.32 Å². The SMILES string of the molecule is Cc1cc(C2C3OC(CC3O)C2C(=O)Nc2ccc(-c3ccccc3F)c(Cl)c2)ccn1. The first kappa shape index (κ1) is 21.1. The van der Waals surface area contributed by atoms with Gasteiger partial charge in [0.15, 0.2) is 0 Å². The van der Waals surface area contributed by atoms with E-state index in [1.807, 2.05) is 19.1 Å². The summed E-state index contributed by atoms with van der Waals surface area (Å²) in [7, 11) is 0. The van der Waals surface area contributed by atoms with E-state index in [2.05, 4.69) is 10.3 Å². The van der Waals surface area contributed by atoms with Gasteiger partial charge in [-0.25, -0.2) is 4.39 Å². The molecule has 0 spiro atoms. The Kier molecular flexibility index (Phi) is 5.45. The van der Waals surface area contributed by atoms with Gasteiger partial charge in [0.1, 0.15) is 5.82 Å². The van der Waals surface area contributed by atoms with Crippen LogP contribution in [0.5, 0.6) is 0 Å². The molecule has 1 amide bonds. The number of carbonyl (C=O) groups is 1. The lowest BCUT2D eigenvalue weighted by atomic mass is 9.74. The molecule has 7 heteroatoms. The van der Waals surface area contributed by atoms with Gasteiger partial charge in [0.2, 0.25) is 5.91 Å². The highest BCUT2D eigenvalue weighted by Gasteiger charge is 2.56. The Balaban J connectivity index is 1.40. The van der Waals surface area contributed by atoms with Crippen molar-refractivity contribution in [1.29, 1.82) is 0 Å². The molecular formula is C25H22ClFN2O3. The zero-order chi connectivity index (χ0) is 22.4. The zero-order valence-corrected chi connectivity index (χ0v) is 18.1. The molecule has 0 saturated carbocycles. The largest absolute Gasteiger partial charge is 0.390 e. The lowest BCUT2D eigenvalue weighted by Gasteiger charge is -2.30. The van der Waals surface area contributed by atoms with Crippen LogP contribution in [0, 0.1) is 18.7 Å². The highest BCUT2D eigenvalue weighted by atomic mass is 35.5. The molecule has 5 rings (SSSR count). The molecule has 5 atom stereocenters. The van der Waals surface area contributed by atoms with Gasteiger partial charge in [-0.05, 0) is 42.8 Å². The van der Waals surface area contributed by atoms with Gasteiger partial charge in [0.05, 0.1) is 29.3 Å². The quantitative estimate of drug-likeness (QED) is 0.601. The maximum absolute atomic E-state index is 14.2. The van der Waals surface area contributed by atoms with Crippen molar-refractivity contribution in [1.82, 2.24) is 4.98 Å². The lowest BCUT2D eigenvalue weighted by Crippen LogP contribution is -2.41. The van der Waals surface area contributed by atoms with Gasteiger partial charge in [-0.2, -0.15) is 0 Å². The van der Waals surface area contributed by atoms with Gasteiger partial charge < -0.3 is 15.2 Å². The molecule has 2 aliphatic rings. The Bertz CT molecular complexity index is 1190. The number of hydrogen-bond acceptors (Lipinski definition) is 4. The first-order valence-corrected chi connectivity index (χ1v) is 10.9. The van der Waals surface area contributed by atoms with Crippen molar-refractivity contribution in [2.24, 2.45) is 5.92 Å². The molecule has 32 heavy (non-hydrogen) atoms. The summed E-state index contributed by atoms with van der Waals surface area (Å²) in [4.78, 5) is 17.5. The Hall–Kier alpha value is -2.80. The number of carbonyl (C=O) groups excluding carboxylic acids is 1. The maximum atomic E-state index is 14.2. The predicted octanol–water partition coefficient (Wildman–Crippen LogP) is 4.72. The Morgan fingerprint density at radius 2 is 2.00 bits per heavy atom. The average molecular weight is 453 g/mol. The van der Waals surface area contributed by atoms with Gasteiger partial charge in [0.25, 0.3) is 0 Å². The van der Waals surface area contributed by atoms with Crippen LogP contribution in [0.4, 0.5) is 10.1 Å². The van der Waals surface area contributed by atoms with E-state index in [1.165, 1.54) is 6.07 Å². The molecule has 2 fully saturated rings. The monoisotopic (exact) mass is 452 g/mol. The minimum absolute atomic E-state index is 0.196. The van der Waals surface area contributed by atoms with Crippen LogP contribution in [0.1, 0.15) is 23.6 Å². The number of pyridine rings is 1. The van der Waals surface area contributed by atoms with Crippen LogP contribution in [0.15, 0.2) is 60.8 Å². The van der Waals surface area contributed by atoms with E-state index < -0.39 is 18.1 Å². The first-order chi connectivity index (χ1) is 15.4. The van der Waals surface area contributed by atoms with Gasteiger partial charge in [-0.3, -0.25) is 9.78 Å². The first-order valence-electron chi connectivity index (χ1n) is 10.5. The number of nitrogens with zero attached hydrogens (tertiary/aromatic N) is 1. The molecule has 3 heterocycles. The molecule has 0 aliphatic carbocycles. The summed E-state index contributed by atoms with van der Waals surface area (Å²) in [5, 5.41) is 13.7. The van der Waals surface area contributed by atoms with E-state index in [4.69, 9.17) is 16.3 Å². The van der Waals surface area contributed by atoms with Gasteiger partial charge in [-0.15, -0.1) is 0 Å². The molecular weight excluding hydrogens is 431 g/mol. The number of aryl methyl sites for hydroxylation is 1. The van der Waals surface area contributed by atoms with E-state index in [9.17, 15) is 14.3 Å². The van der Waals surface area contributed by atoms with Gasteiger partial charge in [0, 0.05) is 41.0 Å². The second-order valence-electron chi connectivity index (χ2n) is 8.39. The molecule has 5 unspecified atom stereocenters. The highest BCUT2D eigenvalue weighted by molar-refractivity contribution is 6.33. The van der Waals surface area contributed by atoms with E-state index in [0.717, 1.165) is 11.3 Å². The topological polar surface area (TPSA) is 71.5 Å². The minimum atomic E-state index is -0.600. The Morgan fingerprint density at radius 3 is 2.75 bits per heavy atom. The second kappa shape index (κ2) is 8.28. The molecule has 2 bridgehead atoms. The van der Waals surface area contributed by atoms with E-state index >= 15 is 0 Å². The van der Waals surface area contributed by atoms with Crippen LogP contribution in [-0.4, -0.2) is 34.3 Å². The van der Waals surface area contributed by atoms with Crippen molar-refractivity contribution in [3.05, 3.63) is 82.9 Å². The lowest BCUT2D eigenvalue weighted by molar-refractivity contribution is -0.121. The number of halogens is 2. The highest BCUT2D eigenvalue weighted by Crippen LogP contribution is 2.49. The minimum Gasteiger partial charge on any atom is -0.390 e. The number of nitrogens with one attached hydrogen (secondary N) is 1. The van der Waals surface area contributed by atoms with Crippen LogP contribution >= 0.6 is 11.6 Å². The number of aliphatic hydroxyl groups excluding tert-OH is 1. The number of hydrogen-bond donors (Lipinski definition) is 2. The number of amides is 1. The summed E-state index contributed by atoms with van der Waals surface area (Å²) in [6.45, 7) is 1.89. The van der Waals surface area contributed by atoms with Crippen LogP contribution in [0.25, 0.3) is 11.1 Å². The number of aromatic nitrogens is 1. The van der Waals surface area contributed by atoms with Crippen molar-refractivity contribution in [2.45, 2.75) is 37.6 Å². The number of fused-ring (bicyclic) bond motifs is 2. The zero-order valence-electron chi connectivity index (χ0n) is 17.3. The molecule has 2 aromatic carbocycles. The standard InChI is InChI=1S/C25H22ClFN2O3/c1-13-10-14(8-9-28-13)22-23(21-12-20(30)24(22)32-21)25(31)29-15-6-7-16(18(26)11-15)17-4-2-3-5-19(17)27/h2-11,20-24,30H,12H2,1H3,(H,29,31). The predicted molar refractivity (Wildman–Crippen MR) is 120 cm³/mol.